The molecule has 2 aromatic carbocycles. The molecule has 7 heteroatoms. The molecule has 0 radical (unpaired) electrons. The van der Waals surface area contributed by atoms with Crippen LogP contribution in [0.3, 0.4) is 0 Å². The summed E-state index contributed by atoms with van der Waals surface area (Å²) < 4.78 is 0. The van der Waals surface area contributed by atoms with Gasteiger partial charge in [0.1, 0.15) is 5.75 Å². The van der Waals surface area contributed by atoms with Crippen molar-refractivity contribution in [2.75, 3.05) is 31.6 Å². The number of aliphatic hydroxyl groups is 1. The first-order valence-corrected chi connectivity index (χ1v) is 11.3. The lowest BCUT2D eigenvalue weighted by molar-refractivity contribution is -0.130. The molecule has 0 bridgehead atoms. The molecular weight excluding hydrogens is 406 g/mol. The zero-order valence-corrected chi connectivity index (χ0v) is 18.2. The second kappa shape index (κ2) is 10.1. The summed E-state index contributed by atoms with van der Waals surface area (Å²) in [5.74, 6) is -0.648. The molecule has 0 spiro atoms. The van der Waals surface area contributed by atoms with E-state index in [1.165, 1.54) is 11.1 Å². The molecule has 2 atom stereocenters. The van der Waals surface area contributed by atoms with Crippen molar-refractivity contribution < 1.29 is 19.8 Å². The number of anilines is 1. The summed E-state index contributed by atoms with van der Waals surface area (Å²) in [6.07, 6.45) is 3.78. The Labute approximate surface area is 188 Å². The van der Waals surface area contributed by atoms with Crippen LogP contribution in [-0.2, 0) is 29.0 Å². The Kier molecular flexibility index (Phi) is 7.07. The van der Waals surface area contributed by atoms with Gasteiger partial charge in [-0.25, -0.2) is 0 Å². The monoisotopic (exact) mass is 437 g/mol. The number of rotatable bonds is 7. The maximum atomic E-state index is 13.1. The van der Waals surface area contributed by atoms with E-state index in [4.69, 9.17) is 5.11 Å². The first kappa shape index (κ1) is 22.3. The van der Waals surface area contributed by atoms with Crippen LogP contribution >= 0.6 is 0 Å². The van der Waals surface area contributed by atoms with Crippen LogP contribution in [-0.4, -0.2) is 53.2 Å². The lowest BCUT2D eigenvalue weighted by atomic mass is 9.87. The molecule has 1 aliphatic heterocycles. The number of likely N-dealkylation sites (tertiary alicyclic amines) is 1. The fourth-order valence-electron chi connectivity index (χ4n) is 4.78. The summed E-state index contributed by atoms with van der Waals surface area (Å²) in [6, 6.07) is 13.1. The molecule has 1 aliphatic carbocycles. The number of carbonyl (C=O) groups is 2. The maximum absolute atomic E-state index is 13.1. The Bertz CT molecular complexity index is 960. The van der Waals surface area contributed by atoms with Crippen LogP contribution in [0.5, 0.6) is 5.75 Å². The number of carbonyl (C=O) groups excluding carboxylic acids is 2. The van der Waals surface area contributed by atoms with Crippen molar-refractivity contribution in [1.82, 2.24) is 10.2 Å². The van der Waals surface area contributed by atoms with Crippen LogP contribution in [0.4, 0.5) is 5.69 Å². The third kappa shape index (κ3) is 5.47. The predicted molar refractivity (Wildman–Crippen MR) is 122 cm³/mol. The van der Waals surface area contributed by atoms with Gasteiger partial charge in [0.25, 0.3) is 0 Å². The number of amides is 2. The standard InChI is InChI=1S/C25H31N3O4/c29-11-10-26-24(31)20-12-21(16-28(15-20)14-17-4-8-23(30)9-5-17)25(32)27-22-7-6-18-2-1-3-19(18)13-22/h4-9,13,20-21,29-30H,1-3,10-12,14-16H2,(H,26,31)(H,27,32)/t20-,21+/m0/s1. The van der Waals surface area contributed by atoms with Crippen molar-refractivity contribution in [2.24, 2.45) is 11.8 Å². The average Bonchev–Trinajstić information content (AvgIpc) is 3.26. The van der Waals surface area contributed by atoms with Gasteiger partial charge in [0.2, 0.25) is 11.8 Å². The SMILES string of the molecule is O=C(NCCO)[C@H]1C[C@@H](C(=O)Nc2ccc3c(c2)CCC3)CN(Cc2ccc(O)cc2)C1. The summed E-state index contributed by atoms with van der Waals surface area (Å²) in [6.45, 7) is 1.78. The Morgan fingerprint density at radius 2 is 1.69 bits per heavy atom. The van der Waals surface area contributed by atoms with E-state index >= 15 is 0 Å². The Morgan fingerprint density at radius 1 is 0.969 bits per heavy atom. The van der Waals surface area contributed by atoms with E-state index in [0.717, 1.165) is 30.5 Å². The molecule has 2 aromatic rings. The number of fused-ring (bicyclic) bond motifs is 1. The minimum Gasteiger partial charge on any atom is -0.508 e. The average molecular weight is 438 g/mol. The Balaban J connectivity index is 1.46. The van der Waals surface area contributed by atoms with Gasteiger partial charge in [-0.05, 0) is 66.6 Å². The molecule has 0 unspecified atom stereocenters. The number of hydrogen-bond donors (Lipinski definition) is 4. The van der Waals surface area contributed by atoms with Crippen LogP contribution in [0.15, 0.2) is 42.5 Å². The summed E-state index contributed by atoms with van der Waals surface area (Å²) in [5, 5.41) is 24.4. The fourth-order valence-corrected chi connectivity index (χ4v) is 4.78. The summed E-state index contributed by atoms with van der Waals surface area (Å²) >= 11 is 0. The largest absolute Gasteiger partial charge is 0.508 e. The van der Waals surface area contributed by atoms with Crippen molar-refractivity contribution in [3.05, 3.63) is 59.2 Å². The summed E-state index contributed by atoms with van der Waals surface area (Å²) in [5.41, 5.74) is 4.49. The van der Waals surface area contributed by atoms with E-state index in [9.17, 15) is 14.7 Å². The first-order chi connectivity index (χ1) is 15.5. The predicted octanol–water partition coefficient (Wildman–Crippen LogP) is 2.07. The van der Waals surface area contributed by atoms with Crippen molar-refractivity contribution in [1.29, 1.82) is 0 Å². The number of phenols is 1. The van der Waals surface area contributed by atoms with Gasteiger partial charge in [-0.15, -0.1) is 0 Å². The van der Waals surface area contributed by atoms with E-state index in [2.05, 4.69) is 27.7 Å². The third-order valence-electron chi connectivity index (χ3n) is 6.39. The molecule has 2 aliphatic rings. The lowest BCUT2D eigenvalue weighted by Gasteiger charge is -2.36. The molecule has 1 saturated heterocycles. The molecule has 0 aromatic heterocycles. The number of aromatic hydroxyl groups is 1. The van der Waals surface area contributed by atoms with Gasteiger partial charge in [-0.1, -0.05) is 18.2 Å². The second-order valence-corrected chi connectivity index (χ2v) is 8.83. The Hall–Kier alpha value is -2.90. The van der Waals surface area contributed by atoms with Crippen LogP contribution < -0.4 is 10.6 Å². The van der Waals surface area contributed by atoms with Gasteiger partial charge in [0, 0.05) is 31.9 Å². The molecule has 1 heterocycles. The van der Waals surface area contributed by atoms with E-state index in [-0.39, 0.29) is 42.6 Å². The molecule has 4 rings (SSSR count). The number of piperidine rings is 1. The van der Waals surface area contributed by atoms with Crippen molar-refractivity contribution in [2.45, 2.75) is 32.2 Å². The van der Waals surface area contributed by atoms with Gasteiger partial charge in [0.05, 0.1) is 18.4 Å². The zero-order chi connectivity index (χ0) is 22.5. The molecule has 4 N–H and O–H groups in total. The summed E-state index contributed by atoms with van der Waals surface area (Å²) in [7, 11) is 0. The molecule has 0 saturated carbocycles. The normalized spacial score (nSPS) is 20.5. The highest BCUT2D eigenvalue weighted by molar-refractivity contribution is 5.93. The van der Waals surface area contributed by atoms with Crippen molar-refractivity contribution in [3.8, 4) is 5.75 Å². The first-order valence-electron chi connectivity index (χ1n) is 11.3. The molecule has 7 nitrogen and oxygen atoms in total. The fraction of sp³-hybridized carbons (Fsp3) is 0.440. The van der Waals surface area contributed by atoms with Crippen LogP contribution in [0.2, 0.25) is 0 Å². The quantitative estimate of drug-likeness (QED) is 0.531. The molecule has 2 amide bonds. The highest BCUT2D eigenvalue weighted by Gasteiger charge is 2.35. The van der Waals surface area contributed by atoms with Crippen molar-refractivity contribution >= 4 is 17.5 Å². The third-order valence-corrected chi connectivity index (χ3v) is 6.39. The molecular formula is C25H31N3O4. The van der Waals surface area contributed by atoms with E-state index in [1.54, 1.807) is 12.1 Å². The van der Waals surface area contributed by atoms with Gasteiger partial charge in [-0.3, -0.25) is 14.5 Å². The van der Waals surface area contributed by atoms with E-state index in [0.29, 0.717) is 26.1 Å². The van der Waals surface area contributed by atoms with Crippen molar-refractivity contribution in [3.63, 3.8) is 0 Å². The topological polar surface area (TPSA) is 102 Å². The zero-order valence-electron chi connectivity index (χ0n) is 18.2. The number of aliphatic hydroxyl groups excluding tert-OH is 1. The van der Waals surface area contributed by atoms with E-state index < -0.39 is 0 Å². The Morgan fingerprint density at radius 3 is 2.44 bits per heavy atom. The molecule has 32 heavy (non-hydrogen) atoms. The maximum Gasteiger partial charge on any atom is 0.228 e. The smallest absolute Gasteiger partial charge is 0.228 e. The lowest BCUT2D eigenvalue weighted by Crippen LogP contribution is -2.49. The minimum atomic E-state index is -0.330. The highest BCUT2D eigenvalue weighted by atomic mass is 16.3. The van der Waals surface area contributed by atoms with Crippen LogP contribution in [0.1, 0.15) is 29.5 Å². The number of nitrogens with one attached hydrogen (secondary N) is 2. The number of aryl methyl sites for hydroxylation is 2. The molecule has 1 fully saturated rings. The highest BCUT2D eigenvalue weighted by Crippen LogP contribution is 2.28. The number of benzene rings is 2. The van der Waals surface area contributed by atoms with Gasteiger partial charge in [-0.2, -0.15) is 0 Å². The van der Waals surface area contributed by atoms with Gasteiger partial charge < -0.3 is 20.8 Å². The van der Waals surface area contributed by atoms with Gasteiger partial charge >= 0.3 is 0 Å². The number of hydrogen-bond acceptors (Lipinski definition) is 5. The minimum absolute atomic E-state index is 0.0710. The van der Waals surface area contributed by atoms with Crippen LogP contribution in [0, 0.1) is 11.8 Å². The second-order valence-electron chi connectivity index (χ2n) is 8.83. The van der Waals surface area contributed by atoms with Crippen LogP contribution in [0.25, 0.3) is 0 Å². The summed E-state index contributed by atoms with van der Waals surface area (Å²) in [4.78, 5) is 27.9. The molecule has 170 valence electrons. The number of nitrogens with zero attached hydrogens (tertiary/aromatic N) is 1. The van der Waals surface area contributed by atoms with E-state index in [1.807, 2.05) is 18.2 Å². The number of phenolic OH excluding ortho intramolecular Hbond substituents is 1. The van der Waals surface area contributed by atoms with Gasteiger partial charge in [0.15, 0.2) is 0 Å².